The molecule has 0 spiro atoms. The largest absolute Gasteiger partial charge is 0.339 e. The molecule has 2 rings (SSSR count). The SMILES string of the molecule is Cn1[nH]c(=O)c(=O)nc1SCc1ccnc(C#N)c1. The molecule has 0 aliphatic carbocycles. The Labute approximate surface area is 111 Å². The predicted molar refractivity (Wildman–Crippen MR) is 68.6 cm³/mol. The van der Waals surface area contributed by atoms with Crippen LogP contribution in [0.4, 0.5) is 0 Å². The Morgan fingerprint density at radius 1 is 1.53 bits per heavy atom. The molecule has 8 heteroatoms. The van der Waals surface area contributed by atoms with Gasteiger partial charge in [0.1, 0.15) is 11.8 Å². The van der Waals surface area contributed by atoms with Crippen molar-refractivity contribution in [1.29, 1.82) is 5.26 Å². The van der Waals surface area contributed by atoms with E-state index in [0.717, 1.165) is 5.56 Å². The van der Waals surface area contributed by atoms with Crippen molar-refractivity contribution in [2.24, 2.45) is 7.05 Å². The molecule has 0 atom stereocenters. The summed E-state index contributed by atoms with van der Waals surface area (Å²) in [6.07, 6.45) is 1.55. The first-order chi connectivity index (χ1) is 9.10. The van der Waals surface area contributed by atoms with Gasteiger partial charge in [0.25, 0.3) is 0 Å². The van der Waals surface area contributed by atoms with Gasteiger partial charge in [0.15, 0.2) is 5.16 Å². The fourth-order valence-electron chi connectivity index (χ4n) is 1.36. The summed E-state index contributed by atoms with van der Waals surface area (Å²) >= 11 is 1.29. The standard InChI is InChI=1S/C11H9N5O2S/c1-16-11(14-9(17)10(18)15-16)19-6-7-2-3-13-8(4-7)5-12/h2-4H,6H2,1H3,(H,15,18). The first-order valence-corrected chi connectivity index (χ1v) is 6.24. The van der Waals surface area contributed by atoms with Crippen molar-refractivity contribution in [3.8, 4) is 6.07 Å². The third kappa shape index (κ3) is 3.08. The molecule has 2 heterocycles. The number of aromatic nitrogens is 4. The average molecular weight is 275 g/mol. The monoisotopic (exact) mass is 275 g/mol. The molecular weight excluding hydrogens is 266 g/mol. The van der Waals surface area contributed by atoms with E-state index in [9.17, 15) is 9.59 Å². The lowest BCUT2D eigenvalue weighted by molar-refractivity contribution is 0.596. The van der Waals surface area contributed by atoms with Crippen LogP contribution in [-0.2, 0) is 12.8 Å². The summed E-state index contributed by atoms with van der Waals surface area (Å²) in [6.45, 7) is 0. The summed E-state index contributed by atoms with van der Waals surface area (Å²) in [5.41, 5.74) is -0.339. The van der Waals surface area contributed by atoms with Gasteiger partial charge in [0, 0.05) is 19.0 Å². The Bertz CT molecular complexity index is 759. The number of thioether (sulfide) groups is 1. The average Bonchev–Trinajstić information content (AvgIpc) is 2.41. The number of nitriles is 1. The lowest BCUT2D eigenvalue weighted by Gasteiger charge is -2.05. The quantitative estimate of drug-likeness (QED) is 0.626. The van der Waals surface area contributed by atoms with Gasteiger partial charge < -0.3 is 0 Å². The molecule has 0 aliphatic heterocycles. The fourth-order valence-corrected chi connectivity index (χ4v) is 2.22. The molecule has 0 fully saturated rings. The third-order valence-electron chi connectivity index (χ3n) is 2.25. The van der Waals surface area contributed by atoms with Crippen LogP contribution in [0.1, 0.15) is 11.3 Å². The van der Waals surface area contributed by atoms with Gasteiger partial charge in [-0.25, -0.2) is 4.98 Å². The number of pyridine rings is 1. The van der Waals surface area contributed by atoms with E-state index in [2.05, 4.69) is 15.1 Å². The van der Waals surface area contributed by atoms with Crippen molar-refractivity contribution in [2.45, 2.75) is 10.9 Å². The third-order valence-corrected chi connectivity index (χ3v) is 3.36. The van der Waals surface area contributed by atoms with Gasteiger partial charge >= 0.3 is 11.1 Å². The normalized spacial score (nSPS) is 10.1. The van der Waals surface area contributed by atoms with E-state index in [1.54, 1.807) is 25.4 Å². The zero-order chi connectivity index (χ0) is 13.8. The second kappa shape index (κ2) is 5.49. The number of aryl methyl sites for hydroxylation is 1. The van der Waals surface area contributed by atoms with E-state index >= 15 is 0 Å². The van der Waals surface area contributed by atoms with E-state index in [0.29, 0.717) is 16.6 Å². The number of H-pyrrole nitrogens is 1. The zero-order valence-corrected chi connectivity index (χ0v) is 10.8. The molecule has 2 aromatic heterocycles. The molecule has 0 aromatic carbocycles. The summed E-state index contributed by atoms with van der Waals surface area (Å²) < 4.78 is 1.39. The number of hydrogen-bond acceptors (Lipinski definition) is 6. The molecule has 0 unspecified atom stereocenters. The van der Waals surface area contributed by atoms with Gasteiger partial charge in [-0.2, -0.15) is 10.2 Å². The van der Waals surface area contributed by atoms with Crippen LogP contribution in [0.15, 0.2) is 33.1 Å². The minimum absolute atomic E-state index is 0.335. The lowest BCUT2D eigenvalue weighted by atomic mass is 10.2. The van der Waals surface area contributed by atoms with E-state index in [4.69, 9.17) is 5.26 Å². The van der Waals surface area contributed by atoms with Gasteiger partial charge in [0.2, 0.25) is 0 Å². The van der Waals surface area contributed by atoms with Crippen molar-refractivity contribution in [1.82, 2.24) is 19.7 Å². The van der Waals surface area contributed by atoms with Crippen LogP contribution in [-0.4, -0.2) is 19.7 Å². The Morgan fingerprint density at radius 2 is 2.32 bits per heavy atom. The van der Waals surface area contributed by atoms with Crippen LogP contribution in [0.2, 0.25) is 0 Å². The molecule has 1 N–H and O–H groups in total. The van der Waals surface area contributed by atoms with E-state index in [-0.39, 0.29) is 0 Å². The highest BCUT2D eigenvalue weighted by molar-refractivity contribution is 7.98. The molecule has 0 saturated heterocycles. The highest BCUT2D eigenvalue weighted by Gasteiger charge is 2.05. The van der Waals surface area contributed by atoms with Crippen molar-refractivity contribution in [2.75, 3.05) is 0 Å². The lowest BCUT2D eigenvalue weighted by Crippen LogP contribution is -2.33. The maximum atomic E-state index is 11.2. The minimum Gasteiger partial charge on any atom is -0.265 e. The van der Waals surface area contributed by atoms with Crippen molar-refractivity contribution in [3.05, 3.63) is 50.3 Å². The molecule has 2 aromatic rings. The smallest absolute Gasteiger partial charge is 0.265 e. The predicted octanol–water partition coefficient (Wildman–Crippen LogP) is 0.0276. The van der Waals surface area contributed by atoms with E-state index in [1.165, 1.54) is 16.4 Å². The Hall–Kier alpha value is -2.40. The molecule has 0 saturated carbocycles. The van der Waals surface area contributed by atoms with Crippen molar-refractivity contribution < 1.29 is 0 Å². The van der Waals surface area contributed by atoms with Crippen LogP contribution < -0.4 is 11.1 Å². The Kier molecular flexibility index (Phi) is 3.77. The molecule has 19 heavy (non-hydrogen) atoms. The maximum absolute atomic E-state index is 11.2. The van der Waals surface area contributed by atoms with Gasteiger partial charge in [-0.1, -0.05) is 11.8 Å². The maximum Gasteiger partial charge on any atom is 0.339 e. The molecule has 0 radical (unpaired) electrons. The van der Waals surface area contributed by atoms with E-state index < -0.39 is 11.1 Å². The summed E-state index contributed by atoms with van der Waals surface area (Å²) in [4.78, 5) is 29.8. The molecule has 96 valence electrons. The van der Waals surface area contributed by atoms with Crippen LogP contribution in [0, 0.1) is 11.3 Å². The topological polar surface area (TPSA) is 104 Å². The second-order valence-corrected chi connectivity index (χ2v) is 4.59. The van der Waals surface area contributed by atoms with Crippen molar-refractivity contribution in [3.63, 3.8) is 0 Å². The molecule has 0 bridgehead atoms. The Balaban J connectivity index is 2.19. The van der Waals surface area contributed by atoms with E-state index in [1.807, 2.05) is 6.07 Å². The van der Waals surface area contributed by atoms with Gasteiger partial charge in [-0.15, -0.1) is 0 Å². The second-order valence-electron chi connectivity index (χ2n) is 3.65. The number of hydrogen-bond donors (Lipinski definition) is 1. The van der Waals surface area contributed by atoms with Crippen molar-refractivity contribution >= 4 is 11.8 Å². The summed E-state index contributed by atoms with van der Waals surface area (Å²) in [5.74, 6) is 0.517. The summed E-state index contributed by atoms with van der Waals surface area (Å²) in [5, 5.41) is 11.5. The van der Waals surface area contributed by atoms with Crippen LogP contribution >= 0.6 is 11.8 Å². The Morgan fingerprint density at radius 3 is 3.05 bits per heavy atom. The van der Waals surface area contributed by atoms with Crippen LogP contribution in [0.3, 0.4) is 0 Å². The molecule has 0 amide bonds. The first-order valence-electron chi connectivity index (χ1n) is 5.25. The van der Waals surface area contributed by atoms with Gasteiger partial charge in [-0.05, 0) is 17.7 Å². The highest BCUT2D eigenvalue weighted by Crippen LogP contribution is 2.18. The summed E-state index contributed by atoms with van der Waals surface area (Å²) in [7, 11) is 1.60. The number of aromatic amines is 1. The minimum atomic E-state index is -0.812. The summed E-state index contributed by atoms with van der Waals surface area (Å²) in [6, 6.07) is 5.39. The number of rotatable bonds is 3. The zero-order valence-electron chi connectivity index (χ0n) is 9.95. The van der Waals surface area contributed by atoms with Gasteiger partial charge in [-0.3, -0.25) is 19.4 Å². The molecular formula is C11H9N5O2S. The fraction of sp³-hybridized carbons (Fsp3) is 0.182. The number of nitrogens with one attached hydrogen (secondary N) is 1. The highest BCUT2D eigenvalue weighted by atomic mass is 32.2. The molecule has 7 nitrogen and oxygen atoms in total. The number of nitrogens with zero attached hydrogens (tertiary/aromatic N) is 4. The van der Waals surface area contributed by atoms with Crippen LogP contribution in [0.5, 0.6) is 0 Å². The first kappa shape index (κ1) is 13.0. The van der Waals surface area contributed by atoms with Gasteiger partial charge in [0.05, 0.1) is 0 Å². The molecule has 0 aliphatic rings. The van der Waals surface area contributed by atoms with Crippen LogP contribution in [0.25, 0.3) is 0 Å².